The number of fused-ring (bicyclic) bond motifs is 1. The monoisotopic (exact) mass is 351 g/mol. The maximum atomic E-state index is 9.75. The summed E-state index contributed by atoms with van der Waals surface area (Å²) in [5, 5.41) is 10.8. The summed E-state index contributed by atoms with van der Waals surface area (Å²) in [5.41, 5.74) is 3.68. The first-order chi connectivity index (χ1) is 9.73. The van der Waals surface area contributed by atoms with Crippen molar-refractivity contribution in [3.8, 4) is 0 Å². The minimum Gasteiger partial charge on any atom is -0.393 e. The van der Waals surface area contributed by atoms with Crippen LogP contribution >= 0.6 is 15.9 Å². The lowest BCUT2D eigenvalue weighted by molar-refractivity contribution is -0.0827. The van der Waals surface area contributed by atoms with Crippen LogP contribution in [0.3, 0.4) is 0 Å². The Bertz CT molecular complexity index is 662. The van der Waals surface area contributed by atoms with Gasteiger partial charge in [-0.1, -0.05) is 0 Å². The van der Waals surface area contributed by atoms with Gasteiger partial charge in [-0.25, -0.2) is 0 Å². The van der Waals surface area contributed by atoms with Gasteiger partial charge in [0.15, 0.2) is 0 Å². The molecule has 2 aromatic rings. The Hall–Kier alpha value is -0.970. The van der Waals surface area contributed by atoms with Gasteiger partial charge in [-0.15, -0.1) is 0 Å². The van der Waals surface area contributed by atoms with Crippen LogP contribution in [0.5, 0.6) is 0 Å². The Kier molecular flexibility index (Phi) is 4.71. The smallest absolute Gasteiger partial charge is 0.108 e. The number of rotatable bonds is 3. The van der Waals surface area contributed by atoms with Crippen LogP contribution in [0.2, 0.25) is 0 Å². The van der Waals surface area contributed by atoms with E-state index < -0.39 is 0 Å². The molecule has 1 atom stereocenters. The van der Waals surface area contributed by atoms with Crippen LogP contribution in [0, 0.1) is 13.8 Å². The minimum atomic E-state index is -0.356. The third-order valence-electron chi connectivity index (χ3n) is 3.30. The van der Waals surface area contributed by atoms with Crippen molar-refractivity contribution >= 4 is 26.8 Å². The SMILES string of the molecule is Cc1ccc2c(Br)c(C(CO)OC(C)(C)C)c(C)cc2n1. The summed E-state index contributed by atoms with van der Waals surface area (Å²) in [6.45, 7) is 9.93. The molecule has 0 bridgehead atoms. The zero-order chi connectivity index (χ0) is 15.8. The number of ether oxygens (including phenoxy) is 1. The number of halogens is 1. The normalized spacial score (nSPS) is 13.7. The van der Waals surface area contributed by atoms with E-state index in [1.165, 1.54) is 0 Å². The average molecular weight is 352 g/mol. The Morgan fingerprint density at radius 3 is 2.52 bits per heavy atom. The summed E-state index contributed by atoms with van der Waals surface area (Å²) in [6.07, 6.45) is -0.356. The second-order valence-electron chi connectivity index (χ2n) is 6.34. The number of nitrogens with zero attached hydrogens (tertiary/aromatic N) is 1. The van der Waals surface area contributed by atoms with E-state index in [0.29, 0.717) is 0 Å². The van der Waals surface area contributed by atoms with Crippen molar-refractivity contribution in [2.45, 2.75) is 46.3 Å². The van der Waals surface area contributed by atoms with Crippen molar-refractivity contribution in [1.29, 1.82) is 0 Å². The predicted molar refractivity (Wildman–Crippen MR) is 89.6 cm³/mol. The maximum absolute atomic E-state index is 9.75. The molecule has 1 N–H and O–H groups in total. The van der Waals surface area contributed by atoms with Crippen molar-refractivity contribution in [2.75, 3.05) is 6.61 Å². The van der Waals surface area contributed by atoms with Gasteiger partial charge < -0.3 is 9.84 Å². The van der Waals surface area contributed by atoms with Gasteiger partial charge in [-0.2, -0.15) is 0 Å². The second kappa shape index (κ2) is 6.03. The van der Waals surface area contributed by atoms with Crippen LogP contribution < -0.4 is 0 Å². The predicted octanol–water partition coefficient (Wildman–Crippen LogP) is 4.46. The summed E-state index contributed by atoms with van der Waals surface area (Å²) < 4.78 is 6.96. The topological polar surface area (TPSA) is 42.4 Å². The lowest BCUT2D eigenvalue weighted by Crippen LogP contribution is -2.25. The molecule has 0 aliphatic heterocycles. The third kappa shape index (κ3) is 3.62. The number of aromatic nitrogens is 1. The van der Waals surface area contributed by atoms with Gasteiger partial charge in [0.25, 0.3) is 0 Å². The molecular formula is C17H22BrNO2. The van der Waals surface area contributed by atoms with E-state index in [4.69, 9.17) is 4.74 Å². The Labute approximate surface area is 134 Å². The fourth-order valence-electron chi connectivity index (χ4n) is 2.48. The standard InChI is InChI=1S/C17H22BrNO2/c1-10-8-13-12(7-6-11(2)19-13)16(18)15(10)14(9-20)21-17(3,4)5/h6-8,14,20H,9H2,1-5H3. The minimum absolute atomic E-state index is 0.0541. The number of hydrogen-bond acceptors (Lipinski definition) is 3. The summed E-state index contributed by atoms with van der Waals surface area (Å²) in [7, 11) is 0. The zero-order valence-electron chi connectivity index (χ0n) is 13.2. The molecule has 114 valence electrons. The van der Waals surface area contributed by atoms with Crippen molar-refractivity contribution in [1.82, 2.24) is 4.98 Å². The maximum Gasteiger partial charge on any atom is 0.108 e. The van der Waals surface area contributed by atoms with Gasteiger partial charge >= 0.3 is 0 Å². The molecule has 0 saturated carbocycles. The second-order valence-corrected chi connectivity index (χ2v) is 7.13. The van der Waals surface area contributed by atoms with Crippen LogP contribution in [0.15, 0.2) is 22.7 Å². The number of aliphatic hydroxyl groups excluding tert-OH is 1. The van der Waals surface area contributed by atoms with Crippen molar-refractivity contribution in [3.63, 3.8) is 0 Å². The highest BCUT2D eigenvalue weighted by molar-refractivity contribution is 9.10. The number of hydrogen-bond donors (Lipinski definition) is 1. The molecule has 0 spiro atoms. The average Bonchev–Trinajstić information content (AvgIpc) is 2.35. The van der Waals surface area contributed by atoms with Crippen LogP contribution in [-0.2, 0) is 4.74 Å². The third-order valence-corrected chi connectivity index (χ3v) is 4.15. The molecule has 1 unspecified atom stereocenters. The van der Waals surface area contributed by atoms with E-state index in [2.05, 4.69) is 33.0 Å². The first-order valence-corrected chi connectivity index (χ1v) is 7.87. The quantitative estimate of drug-likeness (QED) is 0.887. The van der Waals surface area contributed by atoms with Crippen LogP contribution in [0.25, 0.3) is 10.9 Å². The fourth-order valence-corrected chi connectivity index (χ4v) is 3.39. The number of benzene rings is 1. The highest BCUT2D eigenvalue weighted by Gasteiger charge is 2.24. The molecule has 4 heteroatoms. The summed E-state index contributed by atoms with van der Waals surface area (Å²) in [6, 6.07) is 6.10. The molecule has 0 fully saturated rings. The zero-order valence-corrected chi connectivity index (χ0v) is 14.8. The van der Waals surface area contributed by atoms with E-state index in [1.54, 1.807) is 0 Å². The molecule has 1 heterocycles. The van der Waals surface area contributed by atoms with E-state index in [9.17, 15) is 5.11 Å². The summed E-state index contributed by atoms with van der Waals surface area (Å²) in [4.78, 5) is 4.56. The molecule has 1 aromatic heterocycles. The molecule has 1 aromatic carbocycles. The van der Waals surface area contributed by atoms with Crippen molar-refractivity contribution < 1.29 is 9.84 Å². The highest BCUT2D eigenvalue weighted by atomic mass is 79.9. The van der Waals surface area contributed by atoms with Crippen molar-refractivity contribution in [3.05, 3.63) is 39.5 Å². The first-order valence-electron chi connectivity index (χ1n) is 7.08. The van der Waals surface area contributed by atoms with Gasteiger partial charge in [0.2, 0.25) is 0 Å². The van der Waals surface area contributed by atoms with Gasteiger partial charge in [0.1, 0.15) is 6.10 Å². The van der Waals surface area contributed by atoms with Gasteiger partial charge in [-0.3, -0.25) is 4.98 Å². The summed E-state index contributed by atoms with van der Waals surface area (Å²) >= 11 is 3.68. The van der Waals surface area contributed by atoms with Crippen LogP contribution in [-0.4, -0.2) is 22.3 Å². The van der Waals surface area contributed by atoms with Crippen molar-refractivity contribution in [2.24, 2.45) is 0 Å². The van der Waals surface area contributed by atoms with Crippen LogP contribution in [0.4, 0.5) is 0 Å². The summed E-state index contributed by atoms with van der Waals surface area (Å²) in [5.74, 6) is 0. The molecular weight excluding hydrogens is 330 g/mol. The first kappa shape index (κ1) is 16.4. The lowest BCUT2D eigenvalue weighted by atomic mass is 9.99. The van der Waals surface area contributed by atoms with Gasteiger partial charge in [0.05, 0.1) is 17.7 Å². The number of aryl methyl sites for hydroxylation is 2. The molecule has 0 aliphatic carbocycles. The molecule has 0 amide bonds. The molecule has 0 saturated heterocycles. The lowest BCUT2D eigenvalue weighted by Gasteiger charge is -2.28. The molecule has 2 rings (SSSR count). The molecule has 21 heavy (non-hydrogen) atoms. The van der Waals surface area contributed by atoms with Gasteiger partial charge in [0, 0.05) is 21.1 Å². The Morgan fingerprint density at radius 1 is 1.29 bits per heavy atom. The molecule has 0 aliphatic rings. The highest BCUT2D eigenvalue weighted by Crippen LogP contribution is 2.36. The van der Waals surface area contributed by atoms with E-state index >= 15 is 0 Å². The van der Waals surface area contributed by atoms with Gasteiger partial charge in [-0.05, 0) is 74.3 Å². The largest absolute Gasteiger partial charge is 0.393 e. The van der Waals surface area contributed by atoms with Crippen LogP contribution in [0.1, 0.15) is 43.7 Å². The Balaban J connectivity index is 2.60. The molecule has 0 radical (unpaired) electrons. The van der Waals surface area contributed by atoms with E-state index in [-0.39, 0.29) is 18.3 Å². The fraction of sp³-hybridized carbons (Fsp3) is 0.471. The van der Waals surface area contributed by atoms with E-state index in [0.717, 1.165) is 32.2 Å². The number of aliphatic hydroxyl groups is 1. The Morgan fingerprint density at radius 2 is 1.95 bits per heavy atom. The van der Waals surface area contributed by atoms with E-state index in [1.807, 2.05) is 40.7 Å². The number of pyridine rings is 1. The molecule has 3 nitrogen and oxygen atoms in total.